The molecule has 0 saturated carbocycles. The maximum absolute atomic E-state index is 12.0. The molecule has 110 valence electrons. The Bertz CT molecular complexity index is 332. The van der Waals surface area contributed by atoms with E-state index < -0.39 is 5.60 Å². The van der Waals surface area contributed by atoms with Crippen molar-refractivity contribution in [3.8, 4) is 0 Å². The third kappa shape index (κ3) is 3.97. The van der Waals surface area contributed by atoms with E-state index in [1.807, 2.05) is 25.7 Å². The Balaban J connectivity index is 1.84. The van der Waals surface area contributed by atoms with E-state index in [-0.39, 0.29) is 6.09 Å². The molecule has 2 saturated heterocycles. The van der Waals surface area contributed by atoms with E-state index in [1.54, 1.807) is 0 Å². The Kier molecular flexibility index (Phi) is 4.65. The molecule has 0 aromatic heterocycles. The molecule has 1 unspecified atom stereocenters. The van der Waals surface area contributed by atoms with Crippen LogP contribution >= 0.6 is 22.6 Å². The second kappa shape index (κ2) is 5.76. The number of likely N-dealkylation sites (tertiary alicyclic amines) is 1. The number of halogens is 1. The quantitative estimate of drug-likeness (QED) is 0.517. The highest BCUT2D eigenvalue weighted by atomic mass is 127. The summed E-state index contributed by atoms with van der Waals surface area (Å²) in [5, 5.41) is 0. The van der Waals surface area contributed by atoms with Gasteiger partial charge in [-0.2, -0.15) is 0 Å². The lowest BCUT2D eigenvalue weighted by molar-refractivity contribution is 0.00805. The summed E-state index contributed by atoms with van der Waals surface area (Å²) in [6, 6.07) is 0. The number of alkyl halides is 1. The fourth-order valence-electron chi connectivity index (χ4n) is 2.83. The molecule has 0 aromatic carbocycles. The van der Waals surface area contributed by atoms with Gasteiger partial charge in [-0.3, -0.25) is 0 Å². The number of hydrogen-bond donors (Lipinski definition) is 0. The third-order valence-electron chi connectivity index (χ3n) is 3.93. The van der Waals surface area contributed by atoms with Gasteiger partial charge in [-0.1, -0.05) is 22.6 Å². The van der Waals surface area contributed by atoms with Crippen molar-refractivity contribution >= 4 is 28.7 Å². The topological polar surface area (TPSA) is 38.8 Å². The number of carbonyl (C=O) groups is 1. The number of carbonyl (C=O) groups excluding carboxylic acids is 1. The highest BCUT2D eigenvalue weighted by Crippen LogP contribution is 2.42. The predicted molar refractivity (Wildman–Crippen MR) is 82.7 cm³/mol. The lowest BCUT2D eigenvalue weighted by Gasteiger charge is -2.38. The molecule has 4 nitrogen and oxygen atoms in total. The SMILES string of the molecule is CC(C)(C)OC(=O)N1CCC2(CC1)COC(CI)C2. The largest absolute Gasteiger partial charge is 0.444 e. The second-order valence-electron chi connectivity index (χ2n) is 6.76. The maximum Gasteiger partial charge on any atom is 0.410 e. The average Bonchev–Trinajstić information content (AvgIpc) is 2.71. The van der Waals surface area contributed by atoms with Crippen LogP contribution in [-0.2, 0) is 9.47 Å². The van der Waals surface area contributed by atoms with Gasteiger partial charge in [-0.25, -0.2) is 4.79 Å². The predicted octanol–water partition coefficient (Wildman–Crippen LogP) is 3.23. The zero-order chi connectivity index (χ0) is 14.1. The van der Waals surface area contributed by atoms with Crippen molar-refractivity contribution in [2.75, 3.05) is 24.1 Å². The summed E-state index contributed by atoms with van der Waals surface area (Å²) in [7, 11) is 0. The van der Waals surface area contributed by atoms with Gasteiger partial charge >= 0.3 is 6.09 Å². The van der Waals surface area contributed by atoms with Crippen LogP contribution in [0.25, 0.3) is 0 Å². The van der Waals surface area contributed by atoms with Gasteiger partial charge in [-0.15, -0.1) is 0 Å². The molecule has 0 bridgehead atoms. The highest BCUT2D eigenvalue weighted by molar-refractivity contribution is 14.1. The second-order valence-corrected chi connectivity index (χ2v) is 7.64. The molecule has 19 heavy (non-hydrogen) atoms. The molecule has 2 heterocycles. The zero-order valence-electron chi connectivity index (χ0n) is 12.1. The van der Waals surface area contributed by atoms with Crippen LogP contribution in [0.5, 0.6) is 0 Å². The van der Waals surface area contributed by atoms with Gasteiger partial charge in [-0.05, 0) is 45.4 Å². The van der Waals surface area contributed by atoms with E-state index in [1.165, 1.54) is 0 Å². The Morgan fingerprint density at radius 3 is 2.53 bits per heavy atom. The molecule has 2 rings (SSSR count). The van der Waals surface area contributed by atoms with Gasteiger partial charge in [0.2, 0.25) is 0 Å². The fourth-order valence-corrected chi connectivity index (χ4v) is 3.40. The number of piperidine rings is 1. The molecule has 0 aromatic rings. The zero-order valence-corrected chi connectivity index (χ0v) is 14.2. The fraction of sp³-hybridized carbons (Fsp3) is 0.929. The molecule has 5 heteroatoms. The maximum atomic E-state index is 12.0. The summed E-state index contributed by atoms with van der Waals surface area (Å²) in [6.45, 7) is 8.19. The summed E-state index contributed by atoms with van der Waals surface area (Å²) in [5.41, 5.74) is -0.0939. The van der Waals surface area contributed by atoms with Crippen molar-refractivity contribution in [1.29, 1.82) is 0 Å². The number of amides is 1. The van der Waals surface area contributed by atoms with E-state index in [0.29, 0.717) is 11.5 Å². The molecule has 1 spiro atoms. The smallest absolute Gasteiger partial charge is 0.410 e. The van der Waals surface area contributed by atoms with E-state index >= 15 is 0 Å². The minimum atomic E-state index is -0.408. The van der Waals surface area contributed by atoms with Crippen LogP contribution in [0.3, 0.4) is 0 Å². The summed E-state index contributed by atoms with van der Waals surface area (Å²) in [6.07, 6.45) is 3.47. The van der Waals surface area contributed by atoms with Crippen molar-refractivity contribution in [2.24, 2.45) is 5.41 Å². The minimum Gasteiger partial charge on any atom is -0.444 e. The van der Waals surface area contributed by atoms with E-state index in [4.69, 9.17) is 9.47 Å². The molecule has 2 aliphatic heterocycles. The Morgan fingerprint density at radius 1 is 1.42 bits per heavy atom. The number of hydrogen-bond acceptors (Lipinski definition) is 3. The molecule has 0 aliphatic carbocycles. The summed E-state index contributed by atoms with van der Waals surface area (Å²) < 4.78 is 12.3. The Hall–Kier alpha value is -0.0400. The molecule has 1 amide bonds. The van der Waals surface area contributed by atoms with E-state index in [9.17, 15) is 4.79 Å². The first-order valence-electron chi connectivity index (χ1n) is 6.99. The Labute approximate surface area is 129 Å². The molecule has 2 aliphatic rings. The molecule has 1 atom stereocenters. The summed E-state index contributed by atoms with van der Waals surface area (Å²) >= 11 is 2.39. The monoisotopic (exact) mass is 381 g/mol. The van der Waals surface area contributed by atoms with Gasteiger partial charge in [0.15, 0.2) is 0 Å². The first-order valence-corrected chi connectivity index (χ1v) is 8.52. The summed E-state index contributed by atoms with van der Waals surface area (Å²) in [5.74, 6) is 0. The van der Waals surface area contributed by atoms with Crippen molar-refractivity contribution in [3.63, 3.8) is 0 Å². The number of rotatable bonds is 1. The van der Waals surface area contributed by atoms with Crippen LogP contribution in [0.4, 0.5) is 4.79 Å². The van der Waals surface area contributed by atoms with Crippen LogP contribution < -0.4 is 0 Å². The number of ether oxygens (including phenoxy) is 2. The molecule has 2 fully saturated rings. The first kappa shape index (κ1) is 15.4. The highest BCUT2D eigenvalue weighted by Gasteiger charge is 2.43. The van der Waals surface area contributed by atoms with Crippen LogP contribution in [0.15, 0.2) is 0 Å². The van der Waals surface area contributed by atoms with Crippen molar-refractivity contribution in [3.05, 3.63) is 0 Å². The standard InChI is InChI=1S/C14H24INO3/c1-13(2,3)19-12(17)16-6-4-14(5-7-16)8-11(9-15)18-10-14/h11H,4-10H2,1-3H3. The van der Waals surface area contributed by atoms with Crippen LogP contribution in [-0.4, -0.2) is 46.8 Å². The van der Waals surface area contributed by atoms with Crippen molar-refractivity contribution in [2.45, 2.75) is 51.7 Å². The van der Waals surface area contributed by atoms with Crippen molar-refractivity contribution in [1.82, 2.24) is 4.90 Å². The van der Waals surface area contributed by atoms with Gasteiger partial charge in [0.05, 0.1) is 12.7 Å². The first-order chi connectivity index (χ1) is 8.84. The average molecular weight is 381 g/mol. The molecular weight excluding hydrogens is 357 g/mol. The third-order valence-corrected chi connectivity index (χ3v) is 4.92. The van der Waals surface area contributed by atoms with Gasteiger partial charge < -0.3 is 14.4 Å². The lowest BCUT2D eigenvalue weighted by atomic mass is 9.77. The van der Waals surface area contributed by atoms with Gasteiger partial charge in [0.1, 0.15) is 5.60 Å². The number of nitrogens with zero attached hydrogens (tertiary/aromatic N) is 1. The lowest BCUT2D eigenvalue weighted by Crippen LogP contribution is -2.45. The van der Waals surface area contributed by atoms with Crippen LogP contribution in [0, 0.1) is 5.41 Å². The molecule has 0 radical (unpaired) electrons. The molecule has 0 N–H and O–H groups in total. The van der Waals surface area contributed by atoms with Gasteiger partial charge in [0, 0.05) is 17.5 Å². The molecular formula is C14H24INO3. The van der Waals surface area contributed by atoms with Crippen molar-refractivity contribution < 1.29 is 14.3 Å². The Morgan fingerprint density at radius 2 is 2.05 bits per heavy atom. The normalized spacial score (nSPS) is 26.7. The van der Waals surface area contributed by atoms with Crippen LogP contribution in [0.1, 0.15) is 40.0 Å². The van der Waals surface area contributed by atoms with Gasteiger partial charge in [0.25, 0.3) is 0 Å². The summed E-state index contributed by atoms with van der Waals surface area (Å²) in [4.78, 5) is 13.8. The van der Waals surface area contributed by atoms with E-state index in [0.717, 1.165) is 43.4 Å². The van der Waals surface area contributed by atoms with Crippen LogP contribution in [0.2, 0.25) is 0 Å². The minimum absolute atomic E-state index is 0.174. The van der Waals surface area contributed by atoms with E-state index in [2.05, 4.69) is 22.6 Å².